The van der Waals surface area contributed by atoms with Crippen LogP contribution in [0.15, 0.2) is 0 Å². The summed E-state index contributed by atoms with van der Waals surface area (Å²) in [5.41, 5.74) is 1.80. The standard InChI is InChI=1S/C13H15ClN2OS/c1-8-2-3-9-10(7-15)13(18-11(9)6-8)16-12(17)4-5-14/h8H,2-6H2,1H3,(H,16,17). The molecule has 0 bridgehead atoms. The Labute approximate surface area is 116 Å². The second kappa shape index (κ2) is 5.73. The van der Waals surface area contributed by atoms with E-state index in [9.17, 15) is 10.1 Å². The van der Waals surface area contributed by atoms with E-state index in [2.05, 4.69) is 18.3 Å². The Morgan fingerprint density at radius 2 is 2.44 bits per heavy atom. The van der Waals surface area contributed by atoms with Crippen LogP contribution in [0.4, 0.5) is 5.00 Å². The molecule has 0 aliphatic heterocycles. The third-order valence-corrected chi connectivity index (χ3v) is 4.56. The number of hydrogen-bond acceptors (Lipinski definition) is 3. The summed E-state index contributed by atoms with van der Waals surface area (Å²) in [6.45, 7) is 2.22. The van der Waals surface area contributed by atoms with Gasteiger partial charge in [0, 0.05) is 17.2 Å². The lowest BCUT2D eigenvalue weighted by Gasteiger charge is -2.17. The van der Waals surface area contributed by atoms with Crippen LogP contribution in [0.3, 0.4) is 0 Å². The molecule has 18 heavy (non-hydrogen) atoms. The molecule has 0 fully saturated rings. The van der Waals surface area contributed by atoms with Crippen LogP contribution in [-0.4, -0.2) is 11.8 Å². The maximum atomic E-state index is 11.6. The molecule has 1 atom stereocenters. The molecule has 3 nitrogen and oxygen atoms in total. The first-order chi connectivity index (χ1) is 8.65. The van der Waals surface area contributed by atoms with Gasteiger partial charge in [-0.25, -0.2) is 0 Å². The van der Waals surface area contributed by atoms with E-state index in [4.69, 9.17) is 11.6 Å². The summed E-state index contributed by atoms with van der Waals surface area (Å²) in [6, 6.07) is 2.23. The molecule has 0 spiro atoms. The number of carbonyl (C=O) groups excluding carboxylic acids is 1. The summed E-state index contributed by atoms with van der Waals surface area (Å²) in [4.78, 5) is 12.8. The largest absolute Gasteiger partial charge is 0.317 e. The van der Waals surface area contributed by atoms with Crippen molar-refractivity contribution in [2.45, 2.75) is 32.6 Å². The predicted octanol–water partition coefficient (Wildman–Crippen LogP) is 3.31. The van der Waals surface area contributed by atoms with E-state index in [-0.39, 0.29) is 12.3 Å². The van der Waals surface area contributed by atoms with Gasteiger partial charge in [0.25, 0.3) is 0 Å². The summed E-state index contributed by atoms with van der Waals surface area (Å²) in [5, 5.41) is 12.8. The van der Waals surface area contributed by atoms with Gasteiger partial charge in [-0.1, -0.05) is 6.92 Å². The molecule has 1 aromatic heterocycles. The van der Waals surface area contributed by atoms with Gasteiger partial charge >= 0.3 is 0 Å². The predicted molar refractivity (Wildman–Crippen MR) is 74.2 cm³/mol. The molecule has 1 aromatic rings. The normalized spacial score (nSPS) is 17.9. The molecule has 96 valence electrons. The van der Waals surface area contributed by atoms with E-state index in [1.54, 1.807) is 11.3 Å². The molecule has 1 aliphatic carbocycles. The first kappa shape index (κ1) is 13.4. The van der Waals surface area contributed by atoms with E-state index in [0.717, 1.165) is 24.8 Å². The average Bonchev–Trinajstić information content (AvgIpc) is 2.65. The number of nitrogens with zero attached hydrogens (tertiary/aromatic N) is 1. The highest BCUT2D eigenvalue weighted by Crippen LogP contribution is 2.39. The molecule has 1 heterocycles. The number of fused-ring (bicyclic) bond motifs is 1. The lowest BCUT2D eigenvalue weighted by atomic mass is 9.89. The summed E-state index contributed by atoms with van der Waals surface area (Å²) >= 11 is 7.08. The fraction of sp³-hybridized carbons (Fsp3) is 0.538. The SMILES string of the molecule is CC1CCc2c(sc(NC(=O)CCCl)c2C#N)C1. The van der Waals surface area contributed by atoms with E-state index < -0.39 is 0 Å². The number of halogens is 1. The summed E-state index contributed by atoms with van der Waals surface area (Å²) in [6.07, 6.45) is 3.36. The highest BCUT2D eigenvalue weighted by atomic mass is 35.5. The van der Waals surface area contributed by atoms with Gasteiger partial charge < -0.3 is 5.32 Å². The summed E-state index contributed by atoms with van der Waals surface area (Å²) in [5.74, 6) is 0.845. The molecule has 1 unspecified atom stereocenters. The number of nitriles is 1. The molecule has 2 rings (SSSR count). The van der Waals surface area contributed by atoms with Crippen LogP contribution in [0, 0.1) is 17.2 Å². The fourth-order valence-corrected chi connectivity index (χ4v) is 3.78. The van der Waals surface area contributed by atoms with Crippen molar-refractivity contribution in [1.82, 2.24) is 0 Å². The van der Waals surface area contributed by atoms with Crippen molar-refractivity contribution in [3.8, 4) is 6.07 Å². The van der Waals surface area contributed by atoms with Crippen molar-refractivity contribution in [3.05, 3.63) is 16.0 Å². The van der Waals surface area contributed by atoms with E-state index in [1.165, 1.54) is 4.88 Å². The zero-order valence-corrected chi connectivity index (χ0v) is 11.8. The quantitative estimate of drug-likeness (QED) is 0.865. The zero-order valence-electron chi connectivity index (χ0n) is 10.3. The number of amides is 1. The van der Waals surface area contributed by atoms with Gasteiger partial charge in [-0.15, -0.1) is 22.9 Å². The van der Waals surface area contributed by atoms with Crippen LogP contribution in [0.2, 0.25) is 0 Å². The molecular weight excluding hydrogens is 268 g/mol. The molecule has 5 heteroatoms. The van der Waals surface area contributed by atoms with Crippen LogP contribution >= 0.6 is 22.9 Å². The minimum atomic E-state index is -0.117. The van der Waals surface area contributed by atoms with Gasteiger partial charge in [-0.05, 0) is 30.7 Å². The van der Waals surface area contributed by atoms with Crippen molar-refractivity contribution < 1.29 is 4.79 Å². The van der Waals surface area contributed by atoms with Gasteiger partial charge in [-0.2, -0.15) is 5.26 Å². The van der Waals surface area contributed by atoms with Gasteiger partial charge in [0.2, 0.25) is 5.91 Å². The number of hydrogen-bond donors (Lipinski definition) is 1. The number of alkyl halides is 1. The Balaban J connectivity index is 2.26. The summed E-state index contributed by atoms with van der Waals surface area (Å²) in [7, 11) is 0. The number of anilines is 1. The second-order valence-corrected chi connectivity index (χ2v) is 6.14. The Hall–Kier alpha value is -1.05. The first-order valence-electron chi connectivity index (χ1n) is 6.06. The van der Waals surface area contributed by atoms with Gasteiger partial charge in [0.05, 0.1) is 5.56 Å². The average molecular weight is 283 g/mol. The fourth-order valence-electron chi connectivity index (χ4n) is 2.23. The highest BCUT2D eigenvalue weighted by Gasteiger charge is 2.24. The van der Waals surface area contributed by atoms with Crippen molar-refractivity contribution in [3.63, 3.8) is 0 Å². The molecule has 1 aliphatic rings. The van der Waals surface area contributed by atoms with Crippen molar-refractivity contribution in [2.75, 3.05) is 11.2 Å². The Morgan fingerprint density at radius 3 is 3.11 bits per heavy atom. The first-order valence-corrected chi connectivity index (χ1v) is 7.41. The molecular formula is C13H15ClN2OS. The van der Waals surface area contributed by atoms with Gasteiger partial charge in [0.1, 0.15) is 11.1 Å². The van der Waals surface area contributed by atoms with Crippen LogP contribution < -0.4 is 5.32 Å². The minimum absolute atomic E-state index is 0.117. The van der Waals surface area contributed by atoms with Crippen LogP contribution in [0.5, 0.6) is 0 Å². The smallest absolute Gasteiger partial charge is 0.226 e. The second-order valence-electron chi connectivity index (χ2n) is 4.65. The van der Waals surface area contributed by atoms with Crippen LogP contribution in [0.25, 0.3) is 0 Å². The molecule has 0 saturated heterocycles. The number of nitrogens with one attached hydrogen (secondary N) is 1. The monoisotopic (exact) mass is 282 g/mol. The lowest BCUT2D eigenvalue weighted by molar-refractivity contribution is -0.115. The highest BCUT2D eigenvalue weighted by molar-refractivity contribution is 7.16. The third kappa shape index (κ3) is 2.68. The minimum Gasteiger partial charge on any atom is -0.317 e. The van der Waals surface area contributed by atoms with Crippen LogP contribution in [0.1, 0.15) is 35.8 Å². The number of rotatable bonds is 3. The molecule has 0 aromatic carbocycles. The maximum Gasteiger partial charge on any atom is 0.226 e. The maximum absolute atomic E-state index is 11.6. The molecule has 0 radical (unpaired) electrons. The Kier molecular flexibility index (Phi) is 4.26. The topological polar surface area (TPSA) is 52.9 Å². The van der Waals surface area contributed by atoms with Gasteiger partial charge in [-0.3, -0.25) is 4.79 Å². The summed E-state index contributed by atoms with van der Waals surface area (Å²) < 4.78 is 0. The van der Waals surface area contributed by atoms with Gasteiger partial charge in [0.15, 0.2) is 0 Å². The molecule has 1 amide bonds. The molecule has 1 N–H and O–H groups in total. The lowest BCUT2D eigenvalue weighted by Crippen LogP contribution is -2.12. The van der Waals surface area contributed by atoms with Crippen molar-refractivity contribution in [2.24, 2.45) is 5.92 Å². The van der Waals surface area contributed by atoms with Crippen LogP contribution in [-0.2, 0) is 17.6 Å². The van der Waals surface area contributed by atoms with Crippen molar-refractivity contribution >= 4 is 33.8 Å². The number of carbonyl (C=O) groups is 1. The van der Waals surface area contributed by atoms with Crippen molar-refractivity contribution in [1.29, 1.82) is 5.26 Å². The third-order valence-electron chi connectivity index (χ3n) is 3.20. The number of thiophene rings is 1. The van der Waals surface area contributed by atoms with E-state index in [0.29, 0.717) is 22.4 Å². The van der Waals surface area contributed by atoms with E-state index in [1.807, 2.05) is 0 Å². The Bertz CT molecular complexity index is 504. The van der Waals surface area contributed by atoms with E-state index >= 15 is 0 Å². The Morgan fingerprint density at radius 1 is 1.67 bits per heavy atom. The molecule has 0 saturated carbocycles. The zero-order chi connectivity index (χ0) is 13.1.